The number of hydrogen-bond acceptors (Lipinski definition) is 3. The predicted molar refractivity (Wildman–Crippen MR) is 75.1 cm³/mol. The molecule has 19 heavy (non-hydrogen) atoms. The van der Waals surface area contributed by atoms with Crippen LogP contribution in [0, 0.1) is 0 Å². The molecule has 1 aromatic carbocycles. The third-order valence-electron chi connectivity index (χ3n) is 2.39. The lowest BCUT2D eigenvalue weighted by Gasteiger charge is -2.19. The number of aliphatic carboxylic acids is 1. The number of benzene rings is 1. The van der Waals surface area contributed by atoms with E-state index in [1.54, 1.807) is 42.5 Å². The topological polar surface area (TPSA) is 57.6 Å². The fourth-order valence-electron chi connectivity index (χ4n) is 1.59. The minimum Gasteiger partial charge on any atom is -0.480 e. The molecule has 1 amide bonds. The number of para-hydroxylation sites is 1. The van der Waals surface area contributed by atoms with Crippen LogP contribution in [-0.2, 0) is 4.79 Å². The number of amides is 1. The first-order chi connectivity index (χ1) is 9.08. The lowest BCUT2D eigenvalue weighted by molar-refractivity contribution is -0.135. The summed E-state index contributed by atoms with van der Waals surface area (Å²) in [6, 6.07) is 11.9. The van der Waals surface area contributed by atoms with Gasteiger partial charge in [0.25, 0.3) is 5.91 Å². The lowest BCUT2D eigenvalue weighted by atomic mass is 10.2. The molecule has 0 spiro atoms. The standard InChI is InChI=1S/C13H10ClNO3S/c14-11-7-6-10(19-11)13(18)15(8-12(16)17)9-4-2-1-3-5-9/h1-7H,8H2,(H,16,17). The molecule has 0 aliphatic rings. The van der Waals surface area contributed by atoms with E-state index in [1.165, 1.54) is 4.90 Å². The molecule has 2 aromatic rings. The number of hydrogen-bond donors (Lipinski definition) is 1. The van der Waals surface area contributed by atoms with Crippen LogP contribution in [0.4, 0.5) is 5.69 Å². The molecule has 1 N–H and O–H groups in total. The molecular weight excluding hydrogens is 286 g/mol. The number of rotatable bonds is 4. The SMILES string of the molecule is O=C(O)CN(C(=O)c1ccc(Cl)s1)c1ccccc1. The Morgan fingerprint density at radius 1 is 1.16 bits per heavy atom. The number of carbonyl (C=O) groups is 2. The second kappa shape index (κ2) is 5.86. The summed E-state index contributed by atoms with van der Waals surface area (Å²) in [5, 5.41) is 8.93. The van der Waals surface area contributed by atoms with E-state index in [9.17, 15) is 9.59 Å². The molecule has 0 saturated heterocycles. The first kappa shape index (κ1) is 13.6. The molecule has 0 aliphatic heterocycles. The van der Waals surface area contributed by atoms with Crippen molar-refractivity contribution in [2.24, 2.45) is 0 Å². The van der Waals surface area contributed by atoms with Gasteiger partial charge in [-0.3, -0.25) is 14.5 Å². The number of carboxylic acid groups (broad SMARTS) is 1. The highest BCUT2D eigenvalue weighted by Gasteiger charge is 2.21. The van der Waals surface area contributed by atoms with Crippen LogP contribution < -0.4 is 4.90 Å². The van der Waals surface area contributed by atoms with Gasteiger partial charge in [0.05, 0.1) is 9.21 Å². The Morgan fingerprint density at radius 3 is 2.37 bits per heavy atom. The van der Waals surface area contributed by atoms with Crippen LogP contribution in [0.3, 0.4) is 0 Å². The number of carboxylic acids is 1. The molecule has 0 unspecified atom stereocenters. The first-order valence-corrected chi connectivity index (χ1v) is 6.61. The van der Waals surface area contributed by atoms with Crippen LogP contribution in [0.25, 0.3) is 0 Å². The molecule has 0 bridgehead atoms. The third kappa shape index (κ3) is 3.33. The van der Waals surface area contributed by atoms with E-state index in [-0.39, 0.29) is 5.91 Å². The van der Waals surface area contributed by atoms with Gasteiger partial charge in [-0.1, -0.05) is 29.8 Å². The Balaban J connectivity index is 2.33. The van der Waals surface area contributed by atoms with Gasteiger partial charge in [0.1, 0.15) is 6.54 Å². The van der Waals surface area contributed by atoms with E-state index in [0.29, 0.717) is 14.9 Å². The summed E-state index contributed by atoms with van der Waals surface area (Å²) in [6.45, 7) is -0.391. The summed E-state index contributed by atoms with van der Waals surface area (Å²) in [5.41, 5.74) is 0.541. The van der Waals surface area contributed by atoms with Gasteiger partial charge in [0.15, 0.2) is 0 Å². The van der Waals surface area contributed by atoms with Crippen molar-refractivity contribution in [1.29, 1.82) is 0 Å². The Labute approximate surface area is 118 Å². The summed E-state index contributed by atoms with van der Waals surface area (Å²) >= 11 is 6.92. The Morgan fingerprint density at radius 2 is 1.84 bits per heavy atom. The van der Waals surface area contributed by atoms with Crippen LogP contribution in [0.15, 0.2) is 42.5 Å². The van der Waals surface area contributed by atoms with Crippen molar-refractivity contribution in [2.45, 2.75) is 0 Å². The molecule has 98 valence electrons. The molecule has 1 aromatic heterocycles. The molecule has 6 heteroatoms. The molecule has 0 atom stereocenters. The highest BCUT2D eigenvalue weighted by molar-refractivity contribution is 7.18. The molecule has 0 aliphatic carbocycles. The maximum atomic E-state index is 12.3. The maximum Gasteiger partial charge on any atom is 0.323 e. The number of anilines is 1. The molecule has 4 nitrogen and oxygen atoms in total. The summed E-state index contributed by atoms with van der Waals surface area (Å²) in [5.74, 6) is -1.44. The second-order valence-electron chi connectivity index (χ2n) is 3.72. The molecule has 0 fully saturated rings. The zero-order chi connectivity index (χ0) is 13.8. The van der Waals surface area contributed by atoms with Crippen LogP contribution in [0.2, 0.25) is 4.34 Å². The number of halogens is 1. The van der Waals surface area contributed by atoms with Crippen molar-refractivity contribution in [3.05, 3.63) is 51.7 Å². The van der Waals surface area contributed by atoms with Gasteiger partial charge in [0.2, 0.25) is 0 Å². The second-order valence-corrected chi connectivity index (χ2v) is 5.44. The van der Waals surface area contributed by atoms with Crippen molar-refractivity contribution >= 4 is 40.5 Å². The van der Waals surface area contributed by atoms with Crippen molar-refractivity contribution in [3.8, 4) is 0 Å². The normalized spacial score (nSPS) is 10.2. The van der Waals surface area contributed by atoms with Gasteiger partial charge in [-0.15, -0.1) is 11.3 Å². The molecule has 0 radical (unpaired) electrons. The largest absolute Gasteiger partial charge is 0.480 e. The predicted octanol–water partition coefficient (Wildman–Crippen LogP) is 3.13. The van der Waals surface area contributed by atoms with Gasteiger partial charge in [-0.05, 0) is 24.3 Å². The van der Waals surface area contributed by atoms with E-state index in [2.05, 4.69) is 0 Å². The Bertz CT molecular complexity index is 597. The minimum absolute atomic E-state index is 0.370. The van der Waals surface area contributed by atoms with Crippen molar-refractivity contribution < 1.29 is 14.7 Å². The van der Waals surface area contributed by atoms with Gasteiger partial charge in [0, 0.05) is 5.69 Å². The Kier molecular flexibility index (Phi) is 4.19. The third-order valence-corrected chi connectivity index (χ3v) is 3.61. The lowest BCUT2D eigenvalue weighted by Crippen LogP contribution is -2.35. The van der Waals surface area contributed by atoms with Crippen LogP contribution >= 0.6 is 22.9 Å². The quantitative estimate of drug-likeness (QED) is 0.943. The smallest absolute Gasteiger partial charge is 0.323 e. The number of carbonyl (C=O) groups excluding carboxylic acids is 1. The average molecular weight is 296 g/mol. The first-order valence-electron chi connectivity index (χ1n) is 5.42. The zero-order valence-corrected chi connectivity index (χ0v) is 11.3. The summed E-state index contributed by atoms with van der Waals surface area (Å²) < 4.78 is 0.492. The van der Waals surface area contributed by atoms with E-state index >= 15 is 0 Å². The maximum absolute atomic E-state index is 12.3. The monoisotopic (exact) mass is 295 g/mol. The molecule has 0 saturated carbocycles. The van der Waals surface area contributed by atoms with Gasteiger partial charge < -0.3 is 5.11 Å². The summed E-state index contributed by atoms with van der Waals surface area (Å²) in [6.07, 6.45) is 0. The Hall–Kier alpha value is -1.85. The van der Waals surface area contributed by atoms with Crippen LogP contribution in [-0.4, -0.2) is 23.5 Å². The van der Waals surface area contributed by atoms with Crippen LogP contribution in [0.5, 0.6) is 0 Å². The number of nitrogens with zero attached hydrogens (tertiary/aromatic N) is 1. The van der Waals surface area contributed by atoms with Gasteiger partial charge >= 0.3 is 5.97 Å². The average Bonchev–Trinajstić information content (AvgIpc) is 2.83. The molecule has 2 rings (SSSR count). The van der Waals surface area contributed by atoms with Crippen LogP contribution in [0.1, 0.15) is 9.67 Å². The fourth-order valence-corrected chi connectivity index (χ4v) is 2.58. The van der Waals surface area contributed by atoms with Crippen molar-refractivity contribution in [1.82, 2.24) is 0 Å². The summed E-state index contributed by atoms with van der Waals surface area (Å²) in [7, 11) is 0. The minimum atomic E-state index is -1.07. The highest BCUT2D eigenvalue weighted by Crippen LogP contribution is 2.25. The van der Waals surface area contributed by atoms with E-state index < -0.39 is 12.5 Å². The van der Waals surface area contributed by atoms with E-state index in [4.69, 9.17) is 16.7 Å². The highest BCUT2D eigenvalue weighted by atomic mass is 35.5. The fraction of sp³-hybridized carbons (Fsp3) is 0.0769. The van der Waals surface area contributed by atoms with Crippen molar-refractivity contribution in [3.63, 3.8) is 0 Å². The van der Waals surface area contributed by atoms with Gasteiger partial charge in [-0.2, -0.15) is 0 Å². The van der Waals surface area contributed by atoms with Crippen molar-refractivity contribution in [2.75, 3.05) is 11.4 Å². The van der Waals surface area contributed by atoms with E-state index in [0.717, 1.165) is 11.3 Å². The molecular formula is C13H10ClNO3S. The zero-order valence-electron chi connectivity index (χ0n) is 9.75. The summed E-state index contributed by atoms with van der Waals surface area (Å²) in [4.78, 5) is 24.8. The van der Waals surface area contributed by atoms with E-state index in [1.807, 2.05) is 0 Å². The molecule has 1 heterocycles. The number of thiophene rings is 1. The van der Waals surface area contributed by atoms with Gasteiger partial charge in [-0.25, -0.2) is 0 Å².